The fraction of sp³-hybridized carbons (Fsp3) is 0.0625. The summed E-state index contributed by atoms with van der Waals surface area (Å²) < 4.78 is 4.88. The summed E-state index contributed by atoms with van der Waals surface area (Å²) in [5.41, 5.74) is 21.1. The number of hydrogen-bond donors (Lipinski definition) is 0. The SMILES string of the molecule is CCn1c2ccccc2c2ccc(N3c4ccc(cc4)-c4ccccc4-c4ccc(cc4)N(c4ccc5c6ccccc6n(CC)c5c4)c4ccc(cc4)-c4ccccc4-c4ccc3cc4)cc21. The van der Waals surface area contributed by atoms with Crippen LogP contribution in [0, 0.1) is 0 Å². The summed E-state index contributed by atoms with van der Waals surface area (Å²) in [6, 6.07) is 85.5. The highest BCUT2D eigenvalue weighted by atomic mass is 15.2. The second-order valence-electron chi connectivity index (χ2n) is 17.9. The van der Waals surface area contributed by atoms with E-state index < -0.39 is 0 Å². The summed E-state index contributed by atoms with van der Waals surface area (Å²) in [7, 11) is 0. The zero-order valence-electron chi connectivity index (χ0n) is 38.1. The molecule has 0 atom stereocenters. The molecular formula is C64H48N4. The van der Waals surface area contributed by atoms with Crippen LogP contribution >= 0.6 is 0 Å². The van der Waals surface area contributed by atoms with Gasteiger partial charge in [0, 0.05) is 79.8 Å². The van der Waals surface area contributed by atoms with Crippen molar-refractivity contribution in [2.45, 2.75) is 26.9 Å². The quantitative estimate of drug-likeness (QED) is 0.175. The van der Waals surface area contributed by atoms with Crippen molar-refractivity contribution in [3.05, 3.63) is 231 Å². The van der Waals surface area contributed by atoms with Gasteiger partial charge in [-0.1, -0.05) is 146 Å². The summed E-state index contributed by atoms with van der Waals surface area (Å²) in [5.74, 6) is 0. The molecule has 4 heteroatoms. The number of aromatic nitrogens is 2. The fourth-order valence-electron chi connectivity index (χ4n) is 11.1. The molecule has 68 heavy (non-hydrogen) atoms. The maximum Gasteiger partial charge on any atom is 0.0512 e. The first-order chi connectivity index (χ1) is 33.6. The summed E-state index contributed by atoms with van der Waals surface area (Å²) in [5, 5.41) is 5.12. The molecule has 0 N–H and O–H groups in total. The van der Waals surface area contributed by atoms with Crippen molar-refractivity contribution in [3.8, 4) is 44.5 Å². The largest absolute Gasteiger partial charge is 0.341 e. The molecule has 0 amide bonds. The first kappa shape index (κ1) is 39.7. The first-order valence-electron chi connectivity index (χ1n) is 23.9. The summed E-state index contributed by atoms with van der Waals surface area (Å²) >= 11 is 0. The van der Waals surface area contributed by atoms with E-state index in [-0.39, 0.29) is 0 Å². The van der Waals surface area contributed by atoms with E-state index in [1.807, 2.05) is 0 Å². The van der Waals surface area contributed by atoms with Crippen LogP contribution in [-0.4, -0.2) is 9.13 Å². The topological polar surface area (TPSA) is 16.3 Å². The smallest absolute Gasteiger partial charge is 0.0512 e. The van der Waals surface area contributed by atoms with Crippen LogP contribution in [0.2, 0.25) is 0 Å². The van der Waals surface area contributed by atoms with Gasteiger partial charge in [-0.2, -0.15) is 0 Å². The van der Waals surface area contributed by atoms with Crippen LogP contribution in [-0.2, 0) is 13.1 Å². The van der Waals surface area contributed by atoms with Gasteiger partial charge in [0.15, 0.2) is 0 Å². The Labute approximate surface area is 396 Å². The van der Waals surface area contributed by atoms with Crippen molar-refractivity contribution in [3.63, 3.8) is 0 Å². The molecule has 8 bridgehead atoms. The molecule has 9 heterocycles. The van der Waals surface area contributed by atoms with Gasteiger partial charge in [0.25, 0.3) is 0 Å². The minimum Gasteiger partial charge on any atom is -0.341 e. The Balaban J connectivity index is 0.990. The van der Waals surface area contributed by atoms with Crippen LogP contribution in [0.1, 0.15) is 13.8 Å². The van der Waals surface area contributed by atoms with Crippen molar-refractivity contribution < 1.29 is 0 Å². The Morgan fingerprint density at radius 1 is 0.250 bits per heavy atom. The molecule has 7 aliphatic heterocycles. The number of aryl methyl sites for hydroxylation is 2. The molecular weight excluding hydrogens is 825 g/mol. The third kappa shape index (κ3) is 6.36. The molecule has 0 saturated carbocycles. The second-order valence-corrected chi connectivity index (χ2v) is 17.9. The highest BCUT2D eigenvalue weighted by Gasteiger charge is 2.21. The molecule has 4 nitrogen and oxygen atoms in total. The molecule has 324 valence electrons. The molecule has 0 spiro atoms. The monoisotopic (exact) mass is 872 g/mol. The summed E-state index contributed by atoms with van der Waals surface area (Å²) in [6.45, 7) is 6.26. The maximum absolute atomic E-state index is 2.44. The Morgan fingerprint density at radius 3 is 0.824 bits per heavy atom. The van der Waals surface area contributed by atoms with Gasteiger partial charge in [0.1, 0.15) is 0 Å². The lowest BCUT2D eigenvalue weighted by Crippen LogP contribution is -2.10. The standard InChI is InChI=1S/C64H48N4/c1-3-65-61-19-11-9-17-57(61)59-39-37-51(41-63(59)65)67-47-29-21-43(22-30-47)53-13-5-7-15-55(53)45-25-33-49(34-26-45)68(52-38-40-60-58-18-10-12-20-62(58)66(4-2)64(60)42-52)50-35-27-46(28-36-50)56-16-8-6-14-54(56)44-23-31-48(67)32-24-44/h5-42H,3-4H2,1-2H3. The van der Waals surface area contributed by atoms with Crippen molar-refractivity contribution in [1.29, 1.82) is 0 Å². The zero-order valence-corrected chi connectivity index (χ0v) is 38.1. The van der Waals surface area contributed by atoms with Crippen molar-refractivity contribution in [1.82, 2.24) is 9.13 Å². The number of nitrogens with zero attached hydrogens (tertiary/aromatic N) is 4. The van der Waals surface area contributed by atoms with Crippen LogP contribution in [0.5, 0.6) is 0 Å². The van der Waals surface area contributed by atoms with Gasteiger partial charge in [-0.3, -0.25) is 0 Å². The van der Waals surface area contributed by atoms with Crippen LogP contribution in [0.15, 0.2) is 231 Å². The van der Waals surface area contributed by atoms with E-state index in [0.717, 1.165) is 47.2 Å². The second kappa shape index (κ2) is 16.1. The molecule has 0 fully saturated rings. The zero-order chi connectivity index (χ0) is 45.3. The molecule has 0 aliphatic carbocycles. The minimum atomic E-state index is 0.890. The molecule has 0 radical (unpaired) electrons. The minimum absolute atomic E-state index is 0.890. The van der Waals surface area contributed by atoms with E-state index in [0.29, 0.717) is 0 Å². The van der Waals surface area contributed by atoms with Gasteiger partial charge < -0.3 is 18.9 Å². The van der Waals surface area contributed by atoms with Crippen LogP contribution in [0.4, 0.5) is 34.1 Å². The van der Waals surface area contributed by atoms with Gasteiger partial charge in [0.05, 0.1) is 11.0 Å². The Kier molecular flexibility index (Phi) is 9.40. The molecule has 10 aromatic carbocycles. The Hall–Kier alpha value is -8.60. The summed E-state index contributed by atoms with van der Waals surface area (Å²) in [6.07, 6.45) is 0. The number of rotatable bonds is 4. The molecule has 2 aromatic heterocycles. The van der Waals surface area contributed by atoms with Crippen molar-refractivity contribution >= 4 is 77.7 Å². The third-order valence-corrected chi connectivity index (χ3v) is 14.3. The lowest BCUT2D eigenvalue weighted by atomic mass is 9.93. The van der Waals surface area contributed by atoms with Crippen LogP contribution in [0.3, 0.4) is 0 Å². The highest BCUT2D eigenvalue weighted by molar-refractivity contribution is 6.10. The molecule has 0 unspecified atom stereocenters. The Bertz CT molecular complexity index is 3470. The van der Waals surface area contributed by atoms with Crippen LogP contribution in [0.25, 0.3) is 88.1 Å². The van der Waals surface area contributed by atoms with Gasteiger partial charge in [-0.05, 0) is 143 Å². The lowest BCUT2D eigenvalue weighted by Gasteiger charge is -2.27. The highest BCUT2D eigenvalue weighted by Crippen LogP contribution is 2.44. The van der Waals surface area contributed by atoms with Crippen LogP contribution < -0.4 is 9.80 Å². The van der Waals surface area contributed by atoms with E-state index in [2.05, 4.69) is 263 Å². The average Bonchev–Trinajstić information content (AvgIpc) is 3.90. The fourth-order valence-corrected chi connectivity index (χ4v) is 11.1. The van der Waals surface area contributed by atoms with Gasteiger partial charge in [-0.15, -0.1) is 0 Å². The number of fused-ring (bicyclic) bond motifs is 6. The van der Waals surface area contributed by atoms with E-state index in [9.17, 15) is 0 Å². The lowest BCUT2D eigenvalue weighted by molar-refractivity contribution is 0.827. The number of anilines is 6. The normalized spacial score (nSPS) is 12.3. The third-order valence-electron chi connectivity index (χ3n) is 14.3. The van der Waals surface area contributed by atoms with E-state index in [1.165, 1.54) is 88.1 Å². The number of benzene rings is 10. The number of para-hydroxylation sites is 2. The molecule has 12 aromatic rings. The maximum atomic E-state index is 2.44. The molecule has 19 rings (SSSR count). The first-order valence-corrected chi connectivity index (χ1v) is 23.9. The van der Waals surface area contributed by atoms with E-state index in [1.54, 1.807) is 0 Å². The van der Waals surface area contributed by atoms with Gasteiger partial charge in [0.2, 0.25) is 0 Å². The molecule has 7 aliphatic rings. The average molecular weight is 873 g/mol. The van der Waals surface area contributed by atoms with Gasteiger partial charge >= 0.3 is 0 Å². The predicted octanol–water partition coefficient (Wildman–Crippen LogP) is 17.9. The van der Waals surface area contributed by atoms with E-state index in [4.69, 9.17) is 0 Å². The van der Waals surface area contributed by atoms with Crippen molar-refractivity contribution in [2.75, 3.05) is 9.80 Å². The van der Waals surface area contributed by atoms with E-state index >= 15 is 0 Å². The van der Waals surface area contributed by atoms with Crippen molar-refractivity contribution in [2.24, 2.45) is 0 Å². The predicted molar refractivity (Wildman–Crippen MR) is 288 cm³/mol. The molecule has 0 saturated heterocycles. The number of hydrogen-bond acceptors (Lipinski definition) is 2. The Morgan fingerprint density at radius 2 is 0.515 bits per heavy atom. The van der Waals surface area contributed by atoms with Gasteiger partial charge in [-0.25, -0.2) is 0 Å². The summed E-state index contributed by atoms with van der Waals surface area (Å²) in [4.78, 5) is 4.80.